The molecule has 3 rings (SSSR count). The van der Waals surface area contributed by atoms with Gasteiger partial charge in [-0.2, -0.15) is 10.2 Å². The third-order valence-corrected chi connectivity index (χ3v) is 4.72. The molecule has 26 heavy (non-hydrogen) atoms. The van der Waals surface area contributed by atoms with Crippen LogP contribution in [0.1, 0.15) is 21.5 Å². The molecule has 0 spiro atoms. The van der Waals surface area contributed by atoms with Crippen molar-refractivity contribution in [2.45, 2.75) is 6.54 Å². The van der Waals surface area contributed by atoms with Gasteiger partial charge in [0.15, 0.2) is 0 Å². The number of nitrogens with one attached hydrogen (secondary N) is 1. The summed E-state index contributed by atoms with van der Waals surface area (Å²) < 4.78 is 2.85. The highest BCUT2D eigenvalue weighted by atomic mass is 79.9. The van der Waals surface area contributed by atoms with Gasteiger partial charge in [0.2, 0.25) is 0 Å². The van der Waals surface area contributed by atoms with E-state index >= 15 is 0 Å². The molecule has 8 heteroatoms. The quantitative estimate of drug-likeness (QED) is 0.431. The van der Waals surface area contributed by atoms with Crippen LogP contribution in [-0.2, 0) is 6.54 Å². The van der Waals surface area contributed by atoms with E-state index in [1.54, 1.807) is 35.1 Å². The highest BCUT2D eigenvalue weighted by molar-refractivity contribution is 9.11. The number of rotatable bonds is 5. The zero-order valence-electron chi connectivity index (χ0n) is 13.4. The maximum atomic E-state index is 12.3. The summed E-state index contributed by atoms with van der Waals surface area (Å²) in [6, 6.07) is 12.5. The molecule has 132 valence electrons. The predicted octanol–water partition coefficient (Wildman–Crippen LogP) is 3.93. The molecule has 0 aliphatic heterocycles. The van der Waals surface area contributed by atoms with E-state index in [9.17, 15) is 9.90 Å². The molecule has 0 fully saturated rings. The minimum Gasteiger partial charge on any atom is -0.506 e. The Hall–Kier alpha value is -2.45. The number of carbonyl (C=O) groups is 1. The Morgan fingerprint density at radius 3 is 2.69 bits per heavy atom. The molecule has 1 aromatic heterocycles. The fourth-order valence-electron chi connectivity index (χ4n) is 2.28. The van der Waals surface area contributed by atoms with Gasteiger partial charge in [0.1, 0.15) is 5.75 Å². The molecule has 0 unspecified atom stereocenters. The lowest BCUT2D eigenvalue weighted by Gasteiger charge is -2.05. The molecule has 1 amide bonds. The molecule has 0 saturated carbocycles. The van der Waals surface area contributed by atoms with Gasteiger partial charge in [-0.1, -0.05) is 12.1 Å². The predicted molar refractivity (Wildman–Crippen MR) is 106 cm³/mol. The number of carbonyl (C=O) groups excluding carboxylic acids is 1. The van der Waals surface area contributed by atoms with Crippen molar-refractivity contribution in [3.63, 3.8) is 0 Å². The Labute approximate surface area is 166 Å². The van der Waals surface area contributed by atoms with Gasteiger partial charge in [-0.05, 0) is 73.3 Å². The zero-order chi connectivity index (χ0) is 18.5. The van der Waals surface area contributed by atoms with Crippen LogP contribution in [0.3, 0.4) is 0 Å². The van der Waals surface area contributed by atoms with Crippen LogP contribution in [0.5, 0.6) is 5.75 Å². The van der Waals surface area contributed by atoms with Gasteiger partial charge in [0.25, 0.3) is 5.91 Å². The molecule has 1 heterocycles. The lowest BCUT2D eigenvalue weighted by atomic mass is 10.1. The van der Waals surface area contributed by atoms with Gasteiger partial charge in [-0.3, -0.25) is 9.48 Å². The molecule has 0 aliphatic carbocycles. The van der Waals surface area contributed by atoms with Gasteiger partial charge in [-0.15, -0.1) is 0 Å². The second-order valence-corrected chi connectivity index (χ2v) is 7.14. The van der Waals surface area contributed by atoms with E-state index in [0.29, 0.717) is 26.6 Å². The third-order valence-electron chi connectivity index (χ3n) is 3.51. The summed E-state index contributed by atoms with van der Waals surface area (Å²) in [5, 5.41) is 17.8. The van der Waals surface area contributed by atoms with Crippen molar-refractivity contribution in [3.05, 3.63) is 80.5 Å². The molecule has 0 atom stereocenters. The number of hydrogen-bond acceptors (Lipinski definition) is 4. The van der Waals surface area contributed by atoms with Crippen LogP contribution in [0, 0.1) is 0 Å². The number of amides is 1. The highest BCUT2D eigenvalue weighted by Crippen LogP contribution is 2.32. The number of benzene rings is 2. The van der Waals surface area contributed by atoms with Crippen molar-refractivity contribution in [1.82, 2.24) is 15.2 Å². The number of aromatic nitrogens is 2. The fourth-order valence-corrected chi connectivity index (χ4v) is 3.50. The van der Waals surface area contributed by atoms with Crippen LogP contribution >= 0.6 is 31.9 Å². The molecule has 0 aliphatic rings. The number of halogens is 2. The molecule has 0 saturated heterocycles. The molecule has 2 aromatic carbocycles. The topological polar surface area (TPSA) is 79.5 Å². The van der Waals surface area contributed by atoms with E-state index in [1.807, 2.05) is 24.4 Å². The fraction of sp³-hybridized carbons (Fsp3) is 0.0556. The summed E-state index contributed by atoms with van der Waals surface area (Å²) in [4.78, 5) is 12.3. The summed E-state index contributed by atoms with van der Waals surface area (Å²) in [6.45, 7) is 0.590. The van der Waals surface area contributed by atoms with Gasteiger partial charge < -0.3 is 5.11 Å². The first-order chi connectivity index (χ1) is 12.5. The SMILES string of the molecule is O=C(N/N=C\c1cc(Br)c(O)c(Br)c1)c1cccc(Cn2cccn2)c1. The normalized spacial score (nSPS) is 11.0. The first kappa shape index (κ1) is 18.3. The average molecular weight is 478 g/mol. The Bertz CT molecular complexity index is 933. The first-order valence-corrected chi connectivity index (χ1v) is 9.19. The van der Waals surface area contributed by atoms with Crippen LogP contribution < -0.4 is 5.43 Å². The maximum Gasteiger partial charge on any atom is 0.271 e. The van der Waals surface area contributed by atoms with Crippen LogP contribution in [0.2, 0.25) is 0 Å². The third kappa shape index (κ3) is 4.59. The van der Waals surface area contributed by atoms with Crippen LogP contribution in [0.4, 0.5) is 0 Å². The van der Waals surface area contributed by atoms with Gasteiger partial charge in [0, 0.05) is 18.0 Å². The molecular formula is C18H14Br2N4O2. The summed E-state index contributed by atoms with van der Waals surface area (Å²) in [7, 11) is 0. The Balaban J connectivity index is 1.66. The van der Waals surface area contributed by atoms with Gasteiger partial charge in [-0.25, -0.2) is 5.43 Å². The highest BCUT2D eigenvalue weighted by Gasteiger charge is 2.07. The van der Waals surface area contributed by atoms with E-state index in [2.05, 4.69) is 47.5 Å². The van der Waals surface area contributed by atoms with Crippen LogP contribution in [0.15, 0.2) is 68.9 Å². The molecule has 0 bridgehead atoms. The van der Waals surface area contributed by atoms with Crippen molar-refractivity contribution < 1.29 is 9.90 Å². The van der Waals surface area contributed by atoms with E-state index < -0.39 is 0 Å². The standard InChI is InChI=1S/C18H14Br2N4O2/c19-15-8-13(9-16(20)17(15)25)10-21-23-18(26)14-4-1-3-12(7-14)11-24-6-2-5-22-24/h1-10,25H,11H2,(H,23,26)/b21-10-. The van der Waals surface area contributed by atoms with E-state index in [4.69, 9.17) is 0 Å². The van der Waals surface area contributed by atoms with Gasteiger partial charge in [0.05, 0.1) is 21.7 Å². The van der Waals surface area contributed by atoms with E-state index in [0.717, 1.165) is 5.56 Å². The number of hydrogen-bond donors (Lipinski definition) is 2. The minimum atomic E-state index is -0.305. The van der Waals surface area contributed by atoms with E-state index in [-0.39, 0.29) is 11.7 Å². The largest absolute Gasteiger partial charge is 0.506 e. The lowest BCUT2D eigenvalue weighted by molar-refractivity contribution is 0.0955. The summed E-state index contributed by atoms with van der Waals surface area (Å²) >= 11 is 6.50. The number of nitrogens with zero attached hydrogens (tertiary/aromatic N) is 3. The summed E-state index contributed by atoms with van der Waals surface area (Å²) in [6.07, 6.45) is 5.08. The van der Waals surface area contributed by atoms with Crippen molar-refractivity contribution >= 4 is 44.0 Å². The Morgan fingerprint density at radius 1 is 1.23 bits per heavy atom. The molecule has 2 N–H and O–H groups in total. The number of phenols is 1. The van der Waals surface area contributed by atoms with Crippen LogP contribution in [0.25, 0.3) is 0 Å². The monoisotopic (exact) mass is 476 g/mol. The molecule has 0 radical (unpaired) electrons. The number of phenolic OH excluding ortho intramolecular Hbond substituents is 1. The zero-order valence-corrected chi connectivity index (χ0v) is 16.6. The second-order valence-electron chi connectivity index (χ2n) is 5.44. The van der Waals surface area contributed by atoms with Crippen molar-refractivity contribution in [2.24, 2.45) is 5.10 Å². The van der Waals surface area contributed by atoms with Crippen molar-refractivity contribution in [2.75, 3.05) is 0 Å². The molecular weight excluding hydrogens is 464 g/mol. The smallest absolute Gasteiger partial charge is 0.271 e. The second kappa shape index (κ2) is 8.29. The van der Waals surface area contributed by atoms with Crippen molar-refractivity contribution in [1.29, 1.82) is 0 Å². The minimum absolute atomic E-state index is 0.111. The number of hydrazone groups is 1. The maximum absolute atomic E-state index is 12.3. The first-order valence-electron chi connectivity index (χ1n) is 7.61. The van der Waals surface area contributed by atoms with Crippen LogP contribution in [-0.4, -0.2) is 27.0 Å². The average Bonchev–Trinajstić information content (AvgIpc) is 3.12. The van der Waals surface area contributed by atoms with E-state index in [1.165, 1.54) is 6.21 Å². The lowest BCUT2D eigenvalue weighted by Crippen LogP contribution is -2.18. The van der Waals surface area contributed by atoms with Crippen molar-refractivity contribution in [3.8, 4) is 5.75 Å². The van der Waals surface area contributed by atoms with Gasteiger partial charge >= 0.3 is 0 Å². The summed E-state index contributed by atoms with van der Waals surface area (Å²) in [5.74, 6) is -0.194. The summed E-state index contributed by atoms with van der Waals surface area (Å²) in [5.41, 5.74) is 4.70. The molecule has 6 nitrogen and oxygen atoms in total. The number of aromatic hydroxyl groups is 1. The Kier molecular flexibility index (Phi) is 5.85. The molecule has 3 aromatic rings. The Morgan fingerprint density at radius 2 is 2.00 bits per heavy atom.